The molecule has 9 heteroatoms. The molecule has 6 nitrogen and oxygen atoms in total. The van der Waals surface area contributed by atoms with Crippen molar-refractivity contribution in [3.05, 3.63) is 81.8 Å². The van der Waals surface area contributed by atoms with Crippen molar-refractivity contribution in [2.75, 3.05) is 18.8 Å². The molecule has 0 amide bonds. The molecule has 1 saturated heterocycles. The van der Waals surface area contributed by atoms with Crippen LogP contribution >= 0.6 is 11.3 Å². The zero-order valence-electron chi connectivity index (χ0n) is 20.4. The van der Waals surface area contributed by atoms with Crippen LogP contribution in [0.2, 0.25) is 0 Å². The fourth-order valence-corrected chi connectivity index (χ4v) is 7.01. The number of thiophene rings is 1. The van der Waals surface area contributed by atoms with Gasteiger partial charge in [0, 0.05) is 46.7 Å². The van der Waals surface area contributed by atoms with Crippen LogP contribution in [0.25, 0.3) is 0 Å². The van der Waals surface area contributed by atoms with E-state index < -0.39 is 15.4 Å². The first-order valence-electron chi connectivity index (χ1n) is 11.8. The molecule has 0 unspecified atom stereocenters. The lowest BCUT2D eigenvalue weighted by molar-refractivity contribution is 0.118. The molecule has 0 aliphatic carbocycles. The standard InChI is InChI=1S/C26H33FN4O2S2/c1-19-7-8-20(16-30-19)25(2,3)31-15-13-26(18-31,12-11-21-9-10-24(27)34-21)22(17-35(28,32)33)23-6-4-5-14-29-23/h4-10,14,16,22H,11-13,15,17-18H2,1-3H3,(H2,28,32,33)/t22-,26-/m1/s1. The first-order valence-corrected chi connectivity index (χ1v) is 14.4. The van der Waals surface area contributed by atoms with Gasteiger partial charge in [-0.05, 0) is 87.9 Å². The summed E-state index contributed by atoms with van der Waals surface area (Å²) in [6.07, 6.45) is 5.79. The largest absolute Gasteiger partial charge is 0.293 e. The van der Waals surface area contributed by atoms with Gasteiger partial charge in [-0.15, -0.1) is 11.3 Å². The third kappa shape index (κ3) is 5.97. The second-order valence-electron chi connectivity index (χ2n) is 10.1. The second-order valence-corrected chi connectivity index (χ2v) is 12.9. The van der Waals surface area contributed by atoms with Gasteiger partial charge >= 0.3 is 0 Å². The number of pyridine rings is 2. The molecule has 4 rings (SSSR count). The number of hydrogen-bond donors (Lipinski definition) is 1. The quantitative estimate of drug-likeness (QED) is 0.448. The van der Waals surface area contributed by atoms with Gasteiger partial charge in [0.2, 0.25) is 10.0 Å². The number of aryl methyl sites for hydroxylation is 2. The van der Waals surface area contributed by atoms with Crippen molar-refractivity contribution in [3.63, 3.8) is 0 Å². The van der Waals surface area contributed by atoms with E-state index in [0.717, 1.165) is 46.1 Å². The molecule has 188 valence electrons. The van der Waals surface area contributed by atoms with E-state index in [1.165, 1.54) is 6.07 Å². The van der Waals surface area contributed by atoms with Crippen LogP contribution in [0, 0.1) is 17.5 Å². The molecule has 1 aliphatic rings. The SMILES string of the molecule is Cc1ccc(C(C)(C)N2CC[C@@](CCc3ccc(F)s3)([C@H](CS(N)(=O)=O)c3ccccn3)C2)cn1. The maximum absolute atomic E-state index is 13.7. The van der Waals surface area contributed by atoms with Crippen molar-refractivity contribution in [2.24, 2.45) is 10.6 Å². The summed E-state index contributed by atoms with van der Waals surface area (Å²) in [5.41, 5.74) is 2.12. The molecule has 2 atom stereocenters. The van der Waals surface area contributed by atoms with Crippen molar-refractivity contribution in [1.82, 2.24) is 14.9 Å². The number of sulfonamides is 1. The van der Waals surface area contributed by atoms with E-state index in [9.17, 15) is 12.8 Å². The van der Waals surface area contributed by atoms with Gasteiger partial charge in [-0.25, -0.2) is 13.6 Å². The van der Waals surface area contributed by atoms with Crippen LogP contribution in [-0.2, 0) is 22.0 Å². The van der Waals surface area contributed by atoms with Crippen LogP contribution < -0.4 is 5.14 Å². The van der Waals surface area contributed by atoms with Crippen LogP contribution in [0.4, 0.5) is 4.39 Å². The predicted molar refractivity (Wildman–Crippen MR) is 138 cm³/mol. The molecule has 0 aromatic carbocycles. The molecular formula is C26H33FN4O2S2. The molecule has 3 aromatic rings. The van der Waals surface area contributed by atoms with Crippen LogP contribution in [0.1, 0.15) is 54.4 Å². The number of hydrogen-bond acceptors (Lipinski definition) is 6. The number of nitrogens with zero attached hydrogens (tertiary/aromatic N) is 3. The Kier molecular flexibility index (Phi) is 7.43. The molecule has 2 N–H and O–H groups in total. The fraction of sp³-hybridized carbons (Fsp3) is 0.462. The van der Waals surface area contributed by atoms with E-state index in [1.54, 1.807) is 6.20 Å². The summed E-state index contributed by atoms with van der Waals surface area (Å²) in [7, 11) is -3.76. The maximum atomic E-state index is 13.7. The van der Waals surface area contributed by atoms with Crippen molar-refractivity contribution in [3.8, 4) is 0 Å². The van der Waals surface area contributed by atoms with E-state index >= 15 is 0 Å². The smallest absolute Gasteiger partial charge is 0.209 e. The zero-order chi connectivity index (χ0) is 25.3. The highest BCUT2D eigenvalue weighted by molar-refractivity contribution is 7.89. The first-order chi connectivity index (χ1) is 16.5. The maximum Gasteiger partial charge on any atom is 0.209 e. The fourth-order valence-electron chi connectivity index (χ4n) is 5.30. The van der Waals surface area contributed by atoms with E-state index in [0.29, 0.717) is 19.4 Å². The third-order valence-corrected chi connectivity index (χ3v) is 9.21. The van der Waals surface area contributed by atoms with Gasteiger partial charge in [0.05, 0.1) is 5.75 Å². The average molecular weight is 517 g/mol. The molecule has 0 radical (unpaired) electrons. The van der Waals surface area contributed by atoms with Gasteiger partial charge in [-0.3, -0.25) is 14.9 Å². The Balaban J connectivity index is 1.72. The Bertz CT molecular complexity index is 1250. The minimum absolute atomic E-state index is 0.177. The summed E-state index contributed by atoms with van der Waals surface area (Å²) >= 11 is 1.15. The van der Waals surface area contributed by atoms with Gasteiger partial charge in [0.15, 0.2) is 5.13 Å². The highest BCUT2D eigenvalue weighted by Gasteiger charge is 2.49. The lowest BCUT2D eigenvalue weighted by atomic mass is 9.70. The molecule has 0 spiro atoms. The second kappa shape index (κ2) is 10.0. The summed E-state index contributed by atoms with van der Waals surface area (Å²) in [6.45, 7) is 7.81. The topological polar surface area (TPSA) is 89.2 Å². The highest BCUT2D eigenvalue weighted by atomic mass is 32.2. The van der Waals surface area contributed by atoms with E-state index in [4.69, 9.17) is 5.14 Å². The Morgan fingerprint density at radius 2 is 2.00 bits per heavy atom. The lowest BCUT2D eigenvalue weighted by Crippen LogP contribution is -2.44. The van der Waals surface area contributed by atoms with E-state index in [2.05, 4.69) is 34.8 Å². The van der Waals surface area contributed by atoms with Crippen molar-refractivity contribution < 1.29 is 12.8 Å². The molecule has 0 saturated carbocycles. The molecular weight excluding hydrogens is 483 g/mol. The summed E-state index contributed by atoms with van der Waals surface area (Å²) in [5, 5.41) is 5.40. The van der Waals surface area contributed by atoms with Gasteiger partial charge in [-0.1, -0.05) is 12.1 Å². The van der Waals surface area contributed by atoms with Crippen molar-refractivity contribution in [1.29, 1.82) is 0 Å². The molecule has 4 heterocycles. The minimum Gasteiger partial charge on any atom is -0.293 e. The Labute approximate surface area is 211 Å². The summed E-state index contributed by atoms with van der Waals surface area (Å²) in [6, 6.07) is 13.0. The van der Waals surface area contributed by atoms with Gasteiger partial charge in [0.25, 0.3) is 0 Å². The number of primary sulfonamides is 1. The van der Waals surface area contributed by atoms with Crippen LogP contribution in [0.5, 0.6) is 0 Å². The van der Waals surface area contributed by atoms with Crippen LogP contribution in [0.15, 0.2) is 54.9 Å². The average Bonchev–Trinajstić information content (AvgIpc) is 3.44. The van der Waals surface area contributed by atoms with Crippen molar-refractivity contribution >= 4 is 21.4 Å². The molecule has 35 heavy (non-hydrogen) atoms. The first kappa shape index (κ1) is 25.9. The minimum atomic E-state index is -3.76. The van der Waals surface area contributed by atoms with Gasteiger partial charge in [-0.2, -0.15) is 4.39 Å². The number of rotatable bonds is 9. The zero-order valence-corrected chi connectivity index (χ0v) is 22.1. The van der Waals surface area contributed by atoms with E-state index in [1.807, 2.05) is 43.5 Å². The third-order valence-electron chi connectivity index (χ3n) is 7.47. The Morgan fingerprint density at radius 3 is 2.60 bits per heavy atom. The van der Waals surface area contributed by atoms with Gasteiger partial charge in [0.1, 0.15) is 0 Å². The monoisotopic (exact) mass is 516 g/mol. The highest BCUT2D eigenvalue weighted by Crippen LogP contribution is 2.50. The molecule has 3 aromatic heterocycles. The number of likely N-dealkylation sites (tertiary alicyclic amines) is 1. The normalized spacial score (nSPS) is 20.3. The van der Waals surface area contributed by atoms with Crippen molar-refractivity contribution in [2.45, 2.75) is 51.5 Å². The Hall–Kier alpha value is -2.20. The Morgan fingerprint density at radius 1 is 1.20 bits per heavy atom. The number of nitrogens with two attached hydrogens (primary N) is 1. The van der Waals surface area contributed by atoms with Crippen LogP contribution in [-0.4, -0.2) is 42.1 Å². The summed E-state index contributed by atoms with van der Waals surface area (Å²) in [5.74, 6) is -0.552. The van der Waals surface area contributed by atoms with E-state index in [-0.39, 0.29) is 22.3 Å². The number of aromatic nitrogens is 2. The van der Waals surface area contributed by atoms with Crippen LogP contribution in [0.3, 0.4) is 0 Å². The number of halogens is 1. The summed E-state index contributed by atoms with van der Waals surface area (Å²) < 4.78 is 38.5. The van der Waals surface area contributed by atoms with Gasteiger partial charge < -0.3 is 0 Å². The molecule has 1 aliphatic heterocycles. The molecule has 1 fully saturated rings. The molecule has 0 bridgehead atoms. The summed E-state index contributed by atoms with van der Waals surface area (Å²) in [4.78, 5) is 12.4. The predicted octanol–water partition coefficient (Wildman–Crippen LogP) is 4.62. The lowest BCUT2D eigenvalue weighted by Gasteiger charge is -2.41.